The Labute approximate surface area is 82.7 Å². The van der Waals surface area contributed by atoms with Crippen LogP contribution >= 0.6 is 0 Å². The molecule has 0 unspecified atom stereocenters. The molecule has 0 amide bonds. The normalized spacial score (nSPS) is 7.77. The molecule has 1 rings (SSSR count). The summed E-state index contributed by atoms with van der Waals surface area (Å²) in [7, 11) is 1.69. The van der Waals surface area contributed by atoms with Crippen molar-refractivity contribution in [3.05, 3.63) is 29.3 Å². The first kappa shape index (κ1) is 14.5. The molecule has 0 spiro atoms. The van der Waals surface area contributed by atoms with E-state index >= 15 is 0 Å². The van der Waals surface area contributed by atoms with Crippen LogP contribution in [0.3, 0.4) is 0 Å². The molecule has 1 aromatic rings. The number of hydrogen-bond donors (Lipinski definition) is 0. The van der Waals surface area contributed by atoms with Crippen molar-refractivity contribution in [2.24, 2.45) is 0 Å². The van der Waals surface area contributed by atoms with Gasteiger partial charge in [-0.3, -0.25) is 0 Å². The molecule has 0 N–H and O–H groups in total. The lowest BCUT2D eigenvalue weighted by atomic mass is 10.1. The minimum atomic E-state index is 0. The highest BCUT2D eigenvalue weighted by atomic mass is 16.5. The fourth-order valence-electron chi connectivity index (χ4n) is 1.03. The van der Waals surface area contributed by atoms with Crippen LogP contribution in [0.15, 0.2) is 18.2 Å². The Hall–Kier alpha value is -0.980. The van der Waals surface area contributed by atoms with Crippen molar-refractivity contribution >= 4 is 0 Å². The molecule has 13 heavy (non-hydrogen) atoms. The van der Waals surface area contributed by atoms with E-state index in [1.807, 2.05) is 32.9 Å². The lowest BCUT2D eigenvalue weighted by Gasteiger charge is -2.03. The summed E-state index contributed by atoms with van der Waals surface area (Å²) in [4.78, 5) is 0. The van der Waals surface area contributed by atoms with Gasteiger partial charge in [-0.15, -0.1) is 0 Å². The highest BCUT2D eigenvalue weighted by molar-refractivity contribution is 5.35. The van der Waals surface area contributed by atoms with Gasteiger partial charge in [0, 0.05) is 0 Å². The van der Waals surface area contributed by atoms with Gasteiger partial charge in [-0.2, -0.15) is 0 Å². The molecule has 0 aliphatic carbocycles. The van der Waals surface area contributed by atoms with Crippen LogP contribution in [0.25, 0.3) is 0 Å². The molecule has 0 atom stereocenters. The van der Waals surface area contributed by atoms with Crippen LogP contribution in [0.4, 0.5) is 0 Å². The van der Waals surface area contributed by atoms with E-state index in [0.29, 0.717) is 0 Å². The van der Waals surface area contributed by atoms with Crippen molar-refractivity contribution in [2.45, 2.75) is 35.1 Å². The summed E-state index contributed by atoms with van der Waals surface area (Å²) in [5.74, 6) is 0.964. The fraction of sp³-hybridized carbons (Fsp3) is 0.500. The highest BCUT2D eigenvalue weighted by Gasteiger charge is 1.94. The molecule has 1 aromatic carbocycles. The predicted molar refractivity (Wildman–Crippen MR) is 60.5 cm³/mol. The zero-order valence-electron chi connectivity index (χ0n) is 8.64. The van der Waals surface area contributed by atoms with Crippen LogP contribution in [-0.4, -0.2) is 7.11 Å². The van der Waals surface area contributed by atoms with E-state index in [9.17, 15) is 0 Å². The van der Waals surface area contributed by atoms with Gasteiger partial charge in [0.2, 0.25) is 0 Å². The number of hydrogen-bond acceptors (Lipinski definition) is 1. The number of methoxy groups -OCH3 is 1. The van der Waals surface area contributed by atoms with E-state index < -0.39 is 0 Å². The van der Waals surface area contributed by atoms with Gasteiger partial charge in [-0.25, -0.2) is 0 Å². The van der Waals surface area contributed by atoms with Crippen molar-refractivity contribution in [2.75, 3.05) is 7.11 Å². The van der Waals surface area contributed by atoms with E-state index in [1.165, 1.54) is 11.1 Å². The van der Waals surface area contributed by atoms with Crippen LogP contribution in [-0.2, 0) is 0 Å². The molecule has 0 fully saturated rings. The van der Waals surface area contributed by atoms with Crippen LogP contribution in [0.1, 0.15) is 32.4 Å². The van der Waals surface area contributed by atoms with Crippen molar-refractivity contribution in [3.63, 3.8) is 0 Å². The first-order valence-electron chi connectivity index (χ1n) is 4.35. The standard InChI is InChI=1S/C9H12O.C2H6.CH4/c1-7-4-5-9(10-3)8(2)6-7;1-2;/h4-6H,1-3H3;1-2H3;1H4. The maximum absolute atomic E-state index is 5.10. The van der Waals surface area contributed by atoms with Crippen molar-refractivity contribution < 1.29 is 4.74 Å². The zero-order chi connectivity index (χ0) is 9.56. The van der Waals surface area contributed by atoms with Gasteiger partial charge >= 0.3 is 0 Å². The van der Waals surface area contributed by atoms with E-state index in [1.54, 1.807) is 7.11 Å². The molecule has 1 nitrogen and oxygen atoms in total. The summed E-state index contributed by atoms with van der Waals surface area (Å²) < 4.78 is 5.10. The Bertz CT molecular complexity index is 229. The Morgan fingerprint density at radius 2 is 1.62 bits per heavy atom. The van der Waals surface area contributed by atoms with Gasteiger partial charge in [0.15, 0.2) is 0 Å². The minimum absolute atomic E-state index is 0. The summed E-state index contributed by atoms with van der Waals surface area (Å²) in [6.45, 7) is 8.12. The third-order valence-corrected chi connectivity index (χ3v) is 1.55. The average molecular weight is 182 g/mol. The van der Waals surface area contributed by atoms with Crippen molar-refractivity contribution in [1.29, 1.82) is 0 Å². The Balaban J connectivity index is 0. The van der Waals surface area contributed by atoms with Crippen LogP contribution in [0.2, 0.25) is 0 Å². The Kier molecular flexibility index (Phi) is 8.56. The minimum Gasteiger partial charge on any atom is -0.496 e. The smallest absolute Gasteiger partial charge is 0.121 e. The summed E-state index contributed by atoms with van der Waals surface area (Å²) in [5, 5.41) is 0. The van der Waals surface area contributed by atoms with Crippen LogP contribution in [0.5, 0.6) is 5.75 Å². The zero-order valence-corrected chi connectivity index (χ0v) is 8.64. The fourth-order valence-corrected chi connectivity index (χ4v) is 1.03. The molecule has 76 valence electrons. The monoisotopic (exact) mass is 182 g/mol. The highest BCUT2D eigenvalue weighted by Crippen LogP contribution is 2.17. The second-order valence-corrected chi connectivity index (χ2v) is 2.47. The average Bonchev–Trinajstić information content (AvgIpc) is 2.08. The maximum atomic E-state index is 5.10. The van der Waals surface area contributed by atoms with Gasteiger partial charge in [0.1, 0.15) is 5.75 Å². The van der Waals surface area contributed by atoms with Gasteiger partial charge in [0.05, 0.1) is 7.11 Å². The Morgan fingerprint density at radius 1 is 1.08 bits per heavy atom. The Morgan fingerprint density at radius 3 is 2.00 bits per heavy atom. The van der Waals surface area contributed by atoms with Gasteiger partial charge < -0.3 is 4.74 Å². The lowest BCUT2D eigenvalue weighted by molar-refractivity contribution is 0.411. The number of ether oxygens (including phenoxy) is 1. The van der Waals surface area contributed by atoms with Crippen LogP contribution < -0.4 is 4.74 Å². The molecule has 0 bridgehead atoms. The van der Waals surface area contributed by atoms with E-state index in [4.69, 9.17) is 4.74 Å². The molecule has 0 aliphatic rings. The topological polar surface area (TPSA) is 9.23 Å². The van der Waals surface area contributed by atoms with E-state index in [2.05, 4.69) is 13.0 Å². The molecule has 0 aliphatic heterocycles. The number of aryl methyl sites for hydroxylation is 2. The van der Waals surface area contributed by atoms with Gasteiger partial charge in [-0.05, 0) is 25.5 Å². The van der Waals surface area contributed by atoms with Crippen molar-refractivity contribution in [1.82, 2.24) is 0 Å². The summed E-state index contributed by atoms with van der Waals surface area (Å²) in [6.07, 6.45) is 0. The third kappa shape index (κ3) is 4.56. The summed E-state index contributed by atoms with van der Waals surface area (Å²) in [6, 6.07) is 6.15. The SMILES string of the molecule is C.CC.COc1ccc(C)cc1C. The van der Waals surface area contributed by atoms with Gasteiger partial charge in [-0.1, -0.05) is 39.0 Å². The van der Waals surface area contributed by atoms with E-state index in [-0.39, 0.29) is 7.43 Å². The molecule has 0 aromatic heterocycles. The lowest BCUT2D eigenvalue weighted by Crippen LogP contribution is -1.86. The largest absolute Gasteiger partial charge is 0.496 e. The molecule has 0 saturated heterocycles. The molecule has 0 heterocycles. The van der Waals surface area contributed by atoms with Gasteiger partial charge in [0.25, 0.3) is 0 Å². The van der Waals surface area contributed by atoms with Crippen molar-refractivity contribution in [3.8, 4) is 5.75 Å². The second-order valence-electron chi connectivity index (χ2n) is 2.47. The number of rotatable bonds is 1. The maximum Gasteiger partial charge on any atom is 0.121 e. The van der Waals surface area contributed by atoms with E-state index in [0.717, 1.165) is 5.75 Å². The third-order valence-electron chi connectivity index (χ3n) is 1.55. The summed E-state index contributed by atoms with van der Waals surface area (Å²) >= 11 is 0. The molecule has 1 heteroatoms. The number of benzene rings is 1. The first-order chi connectivity index (χ1) is 5.74. The van der Waals surface area contributed by atoms with Crippen LogP contribution in [0, 0.1) is 13.8 Å². The molecule has 0 radical (unpaired) electrons. The summed E-state index contributed by atoms with van der Waals surface area (Å²) in [5.41, 5.74) is 2.47. The first-order valence-corrected chi connectivity index (χ1v) is 4.35. The predicted octanol–water partition coefficient (Wildman–Crippen LogP) is 3.97. The molecular weight excluding hydrogens is 160 g/mol. The quantitative estimate of drug-likeness (QED) is 0.638. The molecule has 0 saturated carbocycles. The molecular formula is C12H22O. The second kappa shape index (κ2) is 7.66.